The molecule has 0 fully saturated rings. The summed E-state index contributed by atoms with van der Waals surface area (Å²) < 4.78 is 10.6. The zero-order valence-electron chi connectivity index (χ0n) is 11.5. The molecule has 7 nitrogen and oxygen atoms in total. The second-order valence-electron chi connectivity index (χ2n) is 4.77. The maximum atomic E-state index is 12.0. The largest absolute Gasteiger partial charge is 0.497 e. The van der Waals surface area contributed by atoms with E-state index in [-0.39, 0.29) is 6.61 Å². The quantitative estimate of drug-likeness (QED) is 0.695. The molecule has 0 spiro atoms. The van der Waals surface area contributed by atoms with Crippen molar-refractivity contribution in [3.05, 3.63) is 23.8 Å². The minimum atomic E-state index is -1.30. The van der Waals surface area contributed by atoms with E-state index in [2.05, 4.69) is 5.32 Å². The van der Waals surface area contributed by atoms with Crippen LogP contribution < -0.4 is 14.8 Å². The number of carbonyl (C=O) groups is 2. The molecule has 1 aliphatic rings. The normalized spacial score (nSPS) is 18.1. The van der Waals surface area contributed by atoms with E-state index in [4.69, 9.17) is 19.7 Å². The number of methoxy groups -OCH3 is 1. The molecule has 1 amide bonds. The number of benzene rings is 1. The molecule has 21 heavy (non-hydrogen) atoms. The van der Waals surface area contributed by atoms with E-state index >= 15 is 0 Å². The molecule has 1 aromatic carbocycles. The lowest BCUT2D eigenvalue weighted by Crippen LogP contribution is -2.47. The first kappa shape index (κ1) is 15.1. The summed E-state index contributed by atoms with van der Waals surface area (Å²) in [7, 11) is 1.55. The molecule has 114 valence electrons. The first-order chi connectivity index (χ1) is 10.0. The number of carboxylic acid groups (broad SMARTS) is 1. The third-order valence-corrected chi connectivity index (χ3v) is 3.34. The van der Waals surface area contributed by atoms with Gasteiger partial charge in [0.25, 0.3) is 0 Å². The third-order valence-electron chi connectivity index (χ3n) is 3.34. The first-order valence-corrected chi connectivity index (χ1v) is 6.49. The molecule has 7 heteroatoms. The van der Waals surface area contributed by atoms with E-state index in [9.17, 15) is 9.59 Å². The van der Waals surface area contributed by atoms with E-state index in [0.29, 0.717) is 17.9 Å². The highest BCUT2D eigenvalue weighted by atomic mass is 16.5. The van der Waals surface area contributed by atoms with Gasteiger partial charge in [-0.1, -0.05) is 0 Å². The van der Waals surface area contributed by atoms with Gasteiger partial charge in [-0.15, -0.1) is 0 Å². The summed E-state index contributed by atoms with van der Waals surface area (Å²) in [6.45, 7) is -0.484. The Hall–Kier alpha value is -2.28. The number of aliphatic hydroxyl groups excluding tert-OH is 1. The molecule has 1 aliphatic heterocycles. The molecule has 2 atom stereocenters. The van der Waals surface area contributed by atoms with Crippen LogP contribution in [0.4, 0.5) is 0 Å². The molecule has 1 aromatic rings. The fourth-order valence-corrected chi connectivity index (χ4v) is 2.14. The zero-order chi connectivity index (χ0) is 15.4. The highest BCUT2D eigenvalue weighted by Crippen LogP contribution is 2.30. The molecule has 2 rings (SSSR count). The predicted octanol–water partition coefficient (Wildman–Crippen LogP) is -0.192. The molecule has 0 bridgehead atoms. The molecule has 0 saturated heterocycles. The van der Waals surface area contributed by atoms with Gasteiger partial charge >= 0.3 is 5.97 Å². The Morgan fingerprint density at radius 3 is 2.90 bits per heavy atom. The highest BCUT2D eigenvalue weighted by Gasteiger charge is 2.29. The number of nitrogens with one attached hydrogen (secondary N) is 1. The number of aliphatic carboxylic acids is 1. The van der Waals surface area contributed by atoms with Crippen LogP contribution in [-0.4, -0.2) is 48.5 Å². The minimum Gasteiger partial charge on any atom is -0.497 e. The van der Waals surface area contributed by atoms with Gasteiger partial charge in [0.05, 0.1) is 19.6 Å². The van der Waals surface area contributed by atoms with Crippen LogP contribution in [0.5, 0.6) is 11.5 Å². The molecule has 0 radical (unpaired) electrons. The van der Waals surface area contributed by atoms with Crippen LogP contribution in [0.15, 0.2) is 18.2 Å². The number of ether oxygens (including phenoxy) is 2. The van der Waals surface area contributed by atoms with Crippen LogP contribution >= 0.6 is 0 Å². The van der Waals surface area contributed by atoms with Crippen LogP contribution in [0.25, 0.3) is 0 Å². The highest BCUT2D eigenvalue weighted by molar-refractivity contribution is 5.85. The van der Waals surface area contributed by atoms with Gasteiger partial charge in [0, 0.05) is 0 Å². The summed E-state index contributed by atoms with van der Waals surface area (Å²) in [4.78, 5) is 22.8. The van der Waals surface area contributed by atoms with Crippen LogP contribution in [0.3, 0.4) is 0 Å². The van der Waals surface area contributed by atoms with Crippen molar-refractivity contribution >= 4 is 11.9 Å². The average molecular weight is 295 g/mol. The van der Waals surface area contributed by atoms with Gasteiger partial charge in [-0.05, 0) is 30.2 Å². The van der Waals surface area contributed by atoms with Crippen molar-refractivity contribution < 1.29 is 29.3 Å². The fraction of sp³-hybridized carbons (Fsp3) is 0.429. The number of aliphatic hydroxyl groups is 1. The number of rotatable bonds is 5. The average Bonchev–Trinajstić information content (AvgIpc) is 2.50. The predicted molar refractivity (Wildman–Crippen MR) is 72.3 cm³/mol. The van der Waals surface area contributed by atoms with Crippen molar-refractivity contribution in [2.24, 2.45) is 5.92 Å². The summed E-state index contributed by atoms with van der Waals surface area (Å²) in [5.74, 6) is -0.874. The van der Waals surface area contributed by atoms with E-state index in [1.54, 1.807) is 25.3 Å². The standard InChI is InChI=1S/C14H17NO6/c1-20-10-2-3-12-8(5-10)4-9(7-21-12)13(17)15-11(6-16)14(18)19/h2-3,5,9,11,16H,4,6-7H2,1H3,(H,15,17)(H,18,19). The van der Waals surface area contributed by atoms with Crippen molar-refractivity contribution in [2.45, 2.75) is 12.5 Å². The smallest absolute Gasteiger partial charge is 0.328 e. The van der Waals surface area contributed by atoms with E-state index in [1.165, 1.54) is 0 Å². The summed E-state index contributed by atoms with van der Waals surface area (Å²) in [5.41, 5.74) is 0.830. The SMILES string of the molecule is COc1ccc2c(c1)CC(C(=O)NC(CO)C(=O)O)CO2. The van der Waals surface area contributed by atoms with Gasteiger partial charge in [-0.25, -0.2) is 4.79 Å². The number of carboxylic acids is 1. The lowest BCUT2D eigenvalue weighted by molar-refractivity contribution is -0.143. The summed E-state index contributed by atoms with van der Waals surface area (Å²) in [5, 5.41) is 20.0. The molecule has 3 N–H and O–H groups in total. The van der Waals surface area contributed by atoms with Crippen molar-refractivity contribution in [1.82, 2.24) is 5.32 Å². The molecule has 2 unspecified atom stereocenters. The van der Waals surface area contributed by atoms with Gasteiger partial charge < -0.3 is 25.0 Å². The van der Waals surface area contributed by atoms with E-state index in [0.717, 1.165) is 5.56 Å². The van der Waals surface area contributed by atoms with Crippen LogP contribution in [0, 0.1) is 5.92 Å². The van der Waals surface area contributed by atoms with E-state index < -0.39 is 30.4 Å². The van der Waals surface area contributed by atoms with Crippen LogP contribution in [0.1, 0.15) is 5.56 Å². The summed E-state index contributed by atoms with van der Waals surface area (Å²) in [6.07, 6.45) is 0.427. The van der Waals surface area contributed by atoms with Crippen LogP contribution in [-0.2, 0) is 16.0 Å². The van der Waals surface area contributed by atoms with Crippen molar-refractivity contribution in [1.29, 1.82) is 0 Å². The molecular formula is C14H17NO6. The fourth-order valence-electron chi connectivity index (χ4n) is 2.14. The Morgan fingerprint density at radius 2 is 2.29 bits per heavy atom. The van der Waals surface area contributed by atoms with Crippen LogP contribution in [0.2, 0.25) is 0 Å². The van der Waals surface area contributed by atoms with Crippen molar-refractivity contribution in [3.8, 4) is 11.5 Å². The number of amides is 1. The Kier molecular flexibility index (Phi) is 4.64. The topological polar surface area (TPSA) is 105 Å². The van der Waals surface area contributed by atoms with Gasteiger partial charge in [-0.2, -0.15) is 0 Å². The molecule has 0 aliphatic carbocycles. The molecular weight excluding hydrogens is 278 g/mol. The second kappa shape index (κ2) is 6.45. The Balaban J connectivity index is 2.06. The zero-order valence-corrected chi connectivity index (χ0v) is 11.5. The Morgan fingerprint density at radius 1 is 1.52 bits per heavy atom. The molecule has 0 saturated carbocycles. The number of hydrogen-bond donors (Lipinski definition) is 3. The molecule has 0 aromatic heterocycles. The van der Waals surface area contributed by atoms with E-state index in [1.807, 2.05) is 0 Å². The first-order valence-electron chi connectivity index (χ1n) is 6.49. The summed E-state index contributed by atoms with van der Waals surface area (Å²) >= 11 is 0. The third kappa shape index (κ3) is 3.43. The number of carbonyl (C=O) groups excluding carboxylic acids is 1. The van der Waals surface area contributed by atoms with Gasteiger partial charge in [0.1, 0.15) is 24.1 Å². The Labute approximate surface area is 121 Å². The van der Waals surface area contributed by atoms with Crippen molar-refractivity contribution in [3.63, 3.8) is 0 Å². The maximum Gasteiger partial charge on any atom is 0.328 e. The Bertz CT molecular complexity index is 544. The lowest BCUT2D eigenvalue weighted by Gasteiger charge is -2.25. The maximum absolute atomic E-state index is 12.0. The monoisotopic (exact) mass is 295 g/mol. The number of hydrogen-bond acceptors (Lipinski definition) is 5. The molecule has 1 heterocycles. The van der Waals surface area contributed by atoms with Crippen molar-refractivity contribution in [2.75, 3.05) is 20.3 Å². The van der Waals surface area contributed by atoms with Gasteiger partial charge in [0.15, 0.2) is 0 Å². The summed E-state index contributed by atoms with van der Waals surface area (Å²) in [6, 6.07) is 4.03. The van der Waals surface area contributed by atoms with Gasteiger partial charge in [0.2, 0.25) is 5.91 Å². The number of fused-ring (bicyclic) bond motifs is 1. The lowest BCUT2D eigenvalue weighted by atomic mass is 9.95. The van der Waals surface area contributed by atoms with Gasteiger partial charge in [-0.3, -0.25) is 4.79 Å². The minimum absolute atomic E-state index is 0.170. The second-order valence-corrected chi connectivity index (χ2v) is 4.77.